The van der Waals surface area contributed by atoms with E-state index in [0.717, 1.165) is 22.6 Å². The van der Waals surface area contributed by atoms with Gasteiger partial charge in [0.05, 0.1) is 25.0 Å². The van der Waals surface area contributed by atoms with Gasteiger partial charge in [-0.2, -0.15) is 0 Å². The number of hydrogen-bond acceptors (Lipinski definition) is 5. The van der Waals surface area contributed by atoms with Gasteiger partial charge in [0.1, 0.15) is 0 Å². The fourth-order valence-corrected chi connectivity index (χ4v) is 3.50. The van der Waals surface area contributed by atoms with Gasteiger partial charge in [-0.1, -0.05) is 30.3 Å². The van der Waals surface area contributed by atoms with Gasteiger partial charge in [0.15, 0.2) is 17.3 Å². The second-order valence-electron chi connectivity index (χ2n) is 6.37. The molecule has 0 aliphatic carbocycles. The summed E-state index contributed by atoms with van der Waals surface area (Å²) in [5, 5.41) is 2.84. The van der Waals surface area contributed by atoms with Gasteiger partial charge in [0.2, 0.25) is 5.91 Å². The zero-order valence-corrected chi connectivity index (χ0v) is 16.1. The van der Waals surface area contributed by atoms with E-state index >= 15 is 0 Å². The van der Waals surface area contributed by atoms with E-state index in [0.29, 0.717) is 25.4 Å². The van der Waals surface area contributed by atoms with Crippen LogP contribution in [0, 0.1) is 0 Å². The minimum absolute atomic E-state index is 0.0483. The summed E-state index contributed by atoms with van der Waals surface area (Å²) in [5.74, 6) is 1.47. The largest absolute Gasteiger partial charge is 0.490 e. The number of ketones is 1. The molecule has 1 N–H and O–H groups in total. The molecule has 0 fully saturated rings. The lowest BCUT2D eigenvalue weighted by Crippen LogP contribution is -2.42. The molecule has 1 heterocycles. The highest BCUT2D eigenvalue weighted by atomic mass is 32.2. The molecular weight excluding hydrogens is 362 g/mol. The van der Waals surface area contributed by atoms with Gasteiger partial charge in [-0.3, -0.25) is 9.59 Å². The Balaban J connectivity index is 1.55. The standard InChI is InChI=1S/C21H23NO4S/c1-15(23)18(12-16-6-3-2-4-7-16)22-21(24)14-27-17-8-9-19-20(13-17)26-11-5-10-25-19/h2-4,6-9,13,18H,5,10-12,14H2,1H3,(H,22,24). The molecule has 0 spiro atoms. The van der Waals surface area contributed by atoms with Crippen molar-refractivity contribution in [2.75, 3.05) is 19.0 Å². The first kappa shape index (κ1) is 19.3. The molecule has 1 aliphatic rings. The summed E-state index contributed by atoms with van der Waals surface area (Å²) >= 11 is 1.41. The van der Waals surface area contributed by atoms with E-state index < -0.39 is 6.04 Å². The normalized spacial score (nSPS) is 14.1. The number of benzene rings is 2. The maximum Gasteiger partial charge on any atom is 0.230 e. The zero-order valence-electron chi connectivity index (χ0n) is 15.3. The molecule has 1 amide bonds. The molecule has 0 saturated heterocycles. The van der Waals surface area contributed by atoms with E-state index in [1.165, 1.54) is 18.7 Å². The van der Waals surface area contributed by atoms with Crippen molar-refractivity contribution in [1.82, 2.24) is 5.32 Å². The lowest BCUT2D eigenvalue weighted by Gasteiger charge is -2.16. The van der Waals surface area contributed by atoms with Crippen molar-refractivity contribution in [3.05, 3.63) is 54.1 Å². The van der Waals surface area contributed by atoms with Gasteiger partial charge >= 0.3 is 0 Å². The van der Waals surface area contributed by atoms with Crippen molar-refractivity contribution in [3.63, 3.8) is 0 Å². The van der Waals surface area contributed by atoms with Crippen LogP contribution in [-0.2, 0) is 16.0 Å². The van der Waals surface area contributed by atoms with Crippen molar-refractivity contribution in [2.24, 2.45) is 0 Å². The maximum absolute atomic E-state index is 12.3. The number of fused-ring (bicyclic) bond motifs is 1. The van der Waals surface area contributed by atoms with Crippen LogP contribution in [0.5, 0.6) is 11.5 Å². The van der Waals surface area contributed by atoms with E-state index in [4.69, 9.17) is 9.47 Å². The van der Waals surface area contributed by atoms with Gasteiger partial charge in [-0.15, -0.1) is 11.8 Å². The molecular formula is C21H23NO4S. The highest BCUT2D eigenvalue weighted by Crippen LogP contribution is 2.33. The van der Waals surface area contributed by atoms with Gasteiger partial charge in [-0.05, 0) is 37.1 Å². The molecule has 1 atom stereocenters. The van der Waals surface area contributed by atoms with Gasteiger partial charge < -0.3 is 14.8 Å². The van der Waals surface area contributed by atoms with Crippen LogP contribution in [0.15, 0.2) is 53.4 Å². The van der Waals surface area contributed by atoms with Crippen LogP contribution >= 0.6 is 11.8 Å². The Hall–Kier alpha value is -2.47. The zero-order chi connectivity index (χ0) is 19.1. The third kappa shape index (κ3) is 5.76. The molecule has 142 valence electrons. The Morgan fingerprint density at radius 2 is 1.81 bits per heavy atom. The first-order chi connectivity index (χ1) is 13.1. The molecule has 27 heavy (non-hydrogen) atoms. The summed E-state index contributed by atoms with van der Waals surface area (Å²) in [6.45, 7) is 2.78. The number of rotatable bonds is 7. The lowest BCUT2D eigenvalue weighted by atomic mass is 10.0. The van der Waals surface area contributed by atoms with Crippen LogP contribution in [0.1, 0.15) is 18.9 Å². The van der Waals surface area contributed by atoms with Crippen molar-refractivity contribution in [1.29, 1.82) is 0 Å². The molecule has 2 aromatic carbocycles. The van der Waals surface area contributed by atoms with Crippen LogP contribution in [0.3, 0.4) is 0 Å². The van der Waals surface area contributed by atoms with E-state index in [9.17, 15) is 9.59 Å². The molecule has 0 saturated carbocycles. The molecule has 2 aromatic rings. The van der Waals surface area contributed by atoms with E-state index in [1.807, 2.05) is 48.5 Å². The van der Waals surface area contributed by atoms with E-state index in [2.05, 4.69) is 5.32 Å². The molecule has 0 aromatic heterocycles. The first-order valence-corrected chi connectivity index (χ1v) is 9.96. The Morgan fingerprint density at radius 3 is 2.56 bits per heavy atom. The topological polar surface area (TPSA) is 64.6 Å². The van der Waals surface area contributed by atoms with Crippen LogP contribution in [-0.4, -0.2) is 36.7 Å². The Bertz CT molecular complexity index is 794. The smallest absolute Gasteiger partial charge is 0.230 e. The Morgan fingerprint density at radius 1 is 1.07 bits per heavy atom. The van der Waals surface area contributed by atoms with E-state index in [1.54, 1.807) is 0 Å². The molecule has 0 radical (unpaired) electrons. The number of hydrogen-bond donors (Lipinski definition) is 1. The summed E-state index contributed by atoms with van der Waals surface area (Å²) in [6, 6.07) is 14.9. The van der Waals surface area contributed by atoms with Crippen molar-refractivity contribution in [3.8, 4) is 11.5 Å². The summed E-state index contributed by atoms with van der Waals surface area (Å²) in [6.07, 6.45) is 1.35. The Labute approximate surface area is 163 Å². The van der Waals surface area contributed by atoms with Gasteiger partial charge in [-0.25, -0.2) is 0 Å². The predicted octanol–water partition coefficient (Wildman–Crippen LogP) is 3.26. The number of ether oxygens (including phenoxy) is 2. The molecule has 1 aliphatic heterocycles. The van der Waals surface area contributed by atoms with Crippen LogP contribution in [0.2, 0.25) is 0 Å². The second-order valence-corrected chi connectivity index (χ2v) is 7.42. The highest BCUT2D eigenvalue weighted by Gasteiger charge is 2.18. The minimum Gasteiger partial charge on any atom is -0.490 e. The summed E-state index contributed by atoms with van der Waals surface area (Å²) in [5.41, 5.74) is 1.02. The fraction of sp³-hybridized carbons (Fsp3) is 0.333. The SMILES string of the molecule is CC(=O)C(Cc1ccccc1)NC(=O)CSc1ccc2c(c1)OCCCO2. The lowest BCUT2D eigenvalue weighted by molar-refractivity contribution is -0.125. The highest BCUT2D eigenvalue weighted by molar-refractivity contribution is 8.00. The number of thioether (sulfide) groups is 1. The quantitative estimate of drug-likeness (QED) is 0.741. The number of Topliss-reactive ketones (excluding diaryl/α,β-unsaturated/α-hetero) is 1. The summed E-state index contributed by atoms with van der Waals surface area (Å²) in [7, 11) is 0. The van der Waals surface area contributed by atoms with Crippen LogP contribution in [0.4, 0.5) is 0 Å². The number of amides is 1. The third-order valence-electron chi connectivity index (χ3n) is 4.20. The Kier molecular flexibility index (Phi) is 6.76. The molecule has 5 nitrogen and oxygen atoms in total. The van der Waals surface area contributed by atoms with Crippen LogP contribution < -0.4 is 14.8 Å². The average molecular weight is 385 g/mol. The molecule has 0 bridgehead atoms. The van der Waals surface area contributed by atoms with Gasteiger partial charge in [0.25, 0.3) is 0 Å². The van der Waals surface area contributed by atoms with Crippen molar-refractivity contribution >= 4 is 23.5 Å². The van der Waals surface area contributed by atoms with E-state index in [-0.39, 0.29) is 17.4 Å². The minimum atomic E-state index is -0.510. The van der Waals surface area contributed by atoms with Crippen molar-refractivity contribution in [2.45, 2.75) is 30.7 Å². The molecule has 6 heteroatoms. The average Bonchev–Trinajstić information content (AvgIpc) is 2.91. The molecule has 1 unspecified atom stereocenters. The second kappa shape index (κ2) is 9.46. The van der Waals surface area contributed by atoms with Crippen molar-refractivity contribution < 1.29 is 19.1 Å². The van der Waals surface area contributed by atoms with Crippen LogP contribution in [0.25, 0.3) is 0 Å². The number of carbonyl (C=O) groups excluding carboxylic acids is 2. The summed E-state index contributed by atoms with van der Waals surface area (Å²) in [4.78, 5) is 25.2. The molecule has 3 rings (SSSR count). The third-order valence-corrected chi connectivity index (χ3v) is 5.19. The first-order valence-electron chi connectivity index (χ1n) is 8.98. The number of nitrogens with one attached hydrogen (secondary N) is 1. The number of carbonyl (C=O) groups is 2. The summed E-state index contributed by atoms with van der Waals surface area (Å²) < 4.78 is 11.3. The maximum atomic E-state index is 12.3. The monoisotopic (exact) mass is 385 g/mol. The predicted molar refractivity (Wildman–Crippen MR) is 106 cm³/mol. The van der Waals surface area contributed by atoms with Gasteiger partial charge in [0, 0.05) is 11.3 Å². The fourth-order valence-electron chi connectivity index (χ4n) is 2.76.